The quantitative estimate of drug-likeness (QED) is 0.0243. The molecular weight excluding hydrogens is 900 g/mol. The Morgan fingerprint density at radius 3 is 1.24 bits per heavy atom. The highest BCUT2D eigenvalue weighted by Crippen LogP contribution is 2.43. The van der Waals surface area contributed by atoms with Crippen LogP contribution in [0.2, 0.25) is 0 Å². The van der Waals surface area contributed by atoms with Gasteiger partial charge in [0.15, 0.2) is 0 Å². The van der Waals surface area contributed by atoms with E-state index in [-0.39, 0.29) is 19.1 Å². The summed E-state index contributed by atoms with van der Waals surface area (Å²) in [5.74, 6) is -0.183. The molecule has 0 bridgehead atoms. The van der Waals surface area contributed by atoms with E-state index in [1.807, 2.05) is 27.2 Å². The number of amides is 1. The number of hydrogen-bond acceptors (Lipinski definition) is 5. The molecule has 410 valence electrons. The van der Waals surface area contributed by atoms with E-state index >= 15 is 0 Å². The van der Waals surface area contributed by atoms with Gasteiger partial charge in [-0.25, -0.2) is 4.57 Å². The number of aliphatic hydroxyl groups excluding tert-OH is 1. The Hall–Kier alpha value is -2.58. The Morgan fingerprint density at radius 1 is 0.493 bits per heavy atom. The van der Waals surface area contributed by atoms with E-state index in [4.69, 9.17) is 9.05 Å². The van der Waals surface area contributed by atoms with Crippen molar-refractivity contribution in [3.63, 3.8) is 0 Å². The van der Waals surface area contributed by atoms with E-state index in [1.54, 1.807) is 6.08 Å². The molecule has 71 heavy (non-hydrogen) atoms. The van der Waals surface area contributed by atoms with Gasteiger partial charge in [0, 0.05) is 6.42 Å². The van der Waals surface area contributed by atoms with Crippen LogP contribution in [0.5, 0.6) is 0 Å². The van der Waals surface area contributed by atoms with Gasteiger partial charge in [0.05, 0.1) is 39.9 Å². The summed E-state index contributed by atoms with van der Waals surface area (Å²) in [6, 6.07) is -0.854. The topological polar surface area (TPSA) is 105 Å². The normalized spacial score (nSPS) is 14.6. The number of carbonyl (C=O) groups is 1. The van der Waals surface area contributed by atoms with Crippen LogP contribution in [-0.2, 0) is 18.4 Å². The molecule has 1 amide bonds. The number of nitrogens with zero attached hydrogens (tertiary/aromatic N) is 1. The number of nitrogens with one attached hydrogen (secondary N) is 1. The van der Waals surface area contributed by atoms with Gasteiger partial charge in [-0.2, -0.15) is 0 Å². The SMILES string of the molecule is CC/C=C\C/C=C\C/C=C\C/C=C\C/C=C\C/C=C\C/C=C\CCCCCCCCCCCCCC(=O)NC(COP(=O)(O)OCC[N+](C)(C)C)C(O)/C=C/CCCCCCCCCCCCCCCC. The van der Waals surface area contributed by atoms with Crippen molar-refractivity contribution in [2.75, 3.05) is 40.9 Å². The molecule has 3 unspecified atom stereocenters. The maximum Gasteiger partial charge on any atom is 0.472 e. The first-order valence-corrected chi connectivity index (χ1v) is 30.6. The second kappa shape index (κ2) is 52.3. The number of hydrogen-bond donors (Lipinski definition) is 3. The van der Waals surface area contributed by atoms with Crippen LogP contribution in [0, 0.1) is 0 Å². The number of phosphoric acid groups is 1. The molecule has 3 atom stereocenters. The molecule has 0 aromatic heterocycles. The number of rotatable bonds is 52. The predicted octanol–water partition coefficient (Wildman–Crippen LogP) is 17.8. The fraction of sp³-hybridized carbons (Fsp3) is 0.726. The van der Waals surface area contributed by atoms with Crippen molar-refractivity contribution >= 4 is 13.7 Å². The predicted molar refractivity (Wildman–Crippen MR) is 309 cm³/mol. The number of phosphoric ester groups is 1. The van der Waals surface area contributed by atoms with E-state index in [1.165, 1.54) is 135 Å². The van der Waals surface area contributed by atoms with Gasteiger partial charge in [-0.15, -0.1) is 0 Å². The average molecular weight is 1010 g/mol. The van der Waals surface area contributed by atoms with Crippen molar-refractivity contribution in [1.82, 2.24) is 5.32 Å². The van der Waals surface area contributed by atoms with Crippen LogP contribution in [0.1, 0.15) is 239 Å². The largest absolute Gasteiger partial charge is 0.472 e. The van der Waals surface area contributed by atoms with Gasteiger partial charge in [-0.1, -0.05) is 252 Å². The minimum Gasteiger partial charge on any atom is -0.387 e. The third-order valence-electron chi connectivity index (χ3n) is 12.6. The van der Waals surface area contributed by atoms with E-state index in [0.717, 1.165) is 83.5 Å². The van der Waals surface area contributed by atoms with Gasteiger partial charge in [0.25, 0.3) is 0 Å². The third-order valence-corrected chi connectivity index (χ3v) is 13.5. The molecule has 0 saturated carbocycles. The number of carbonyl (C=O) groups excluding carboxylic acids is 1. The van der Waals surface area contributed by atoms with E-state index in [2.05, 4.69) is 104 Å². The summed E-state index contributed by atoms with van der Waals surface area (Å²) in [6.45, 7) is 4.70. The second-order valence-electron chi connectivity index (χ2n) is 20.6. The van der Waals surface area contributed by atoms with Crippen LogP contribution in [0.4, 0.5) is 0 Å². The number of unbranched alkanes of at least 4 members (excludes halogenated alkanes) is 25. The van der Waals surface area contributed by atoms with Gasteiger partial charge >= 0.3 is 7.82 Å². The smallest absolute Gasteiger partial charge is 0.387 e. The number of quaternary nitrogens is 1. The molecule has 0 aromatic carbocycles. The lowest BCUT2D eigenvalue weighted by molar-refractivity contribution is -0.870. The molecule has 8 nitrogen and oxygen atoms in total. The lowest BCUT2D eigenvalue weighted by atomic mass is 10.0. The summed E-state index contributed by atoms with van der Waals surface area (Å²) < 4.78 is 23.7. The minimum atomic E-state index is -4.35. The van der Waals surface area contributed by atoms with Crippen molar-refractivity contribution in [2.45, 2.75) is 251 Å². The maximum atomic E-state index is 13.0. The first-order valence-electron chi connectivity index (χ1n) is 29.1. The van der Waals surface area contributed by atoms with Crippen molar-refractivity contribution in [1.29, 1.82) is 0 Å². The molecule has 0 saturated heterocycles. The molecule has 0 radical (unpaired) electrons. The highest BCUT2D eigenvalue weighted by molar-refractivity contribution is 7.47. The third kappa shape index (κ3) is 55.0. The van der Waals surface area contributed by atoms with Gasteiger partial charge in [0.2, 0.25) is 5.91 Å². The lowest BCUT2D eigenvalue weighted by Crippen LogP contribution is -2.45. The van der Waals surface area contributed by atoms with Crippen LogP contribution in [0.15, 0.2) is 97.2 Å². The Labute approximate surface area is 439 Å². The number of allylic oxidation sites excluding steroid dienone is 15. The zero-order valence-electron chi connectivity index (χ0n) is 46.7. The summed E-state index contributed by atoms with van der Waals surface area (Å²) >= 11 is 0. The zero-order chi connectivity index (χ0) is 52.0. The molecule has 0 rings (SSSR count). The van der Waals surface area contributed by atoms with Gasteiger partial charge in [-0.3, -0.25) is 13.8 Å². The molecule has 3 N–H and O–H groups in total. The van der Waals surface area contributed by atoms with Crippen molar-refractivity contribution in [2.24, 2.45) is 0 Å². The van der Waals surface area contributed by atoms with Crippen molar-refractivity contribution < 1.29 is 32.9 Å². The molecule has 0 aromatic rings. The van der Waals surface area contributed by atoms with Gasteiger partial charge in [0.1, 0.15) is 13.2 Å². The van der Waals surface area contributed by atoms with Crippen molar-refractivity contribution in [3.8, 4) is 0 Å². The first kappa shape index (κ1) is 68.4. The molecular formula is C62H112N2O6P+. The Balaban J connectivity index is 4.16. The summed E-state index contributed by atoms with van der Waals surface area (Å²) in [4.78, 5) is 23.3. The van der Waals surface area contributed by atoms with Gasteiger partial charge < -0.3 is 19.8 Å². The molecule has 0 fully saturated rings. The van der Waals surface area contributed by atoms with Crippen LogP contribution < -0.4 is 5.32 Å². The summed E-state index contributed by atoms with van der Waals surface area (Å²) in [5.41, 5.74) is 0. The van der Waals surface area contributed by atoms with Gasteiger partial charge in [-0.05, 0) is 77.0 Å². The molecule has 0 aliphatic carbocycles. The van der Waals surface area contributed by atoms with E-state index in [0.29, 0.717) is 17.4 Å². The highest BCUT2D eigenvalue weighted by atomic mass is 31.2. The molecule has 0 spiro atoms. The highest BCUT2D eigenvalue weighted by Gasteiger charge is 2.27. The Morgan fingerprint density at radius 2 is 0.845 bits per heavy atom. The fourth-order valence-electron chi connectivity index (χ4n) is 8.02. The average Bonchev–Trinajstić information content (AvgIpc) is 3.33. The second-order valence-corrected chi connectivity index (χ2v) is 22.1. The Bertz CT molecular complexity index is 1470. The van der Waals surface area contributed by atoms with Crippen LogP contribution in [0.3, 0.4) is 0 Å². The molecule has 9 heteroatoms. The van der Waals surface area contributed by atoms with Crippen LogP contribution in [0.25, 0.3) is 0 Å². The summed E-state index contributed by atoms with van der Waals surface area (Å²) in [5, 5.41) is 13.9. The van der Waals surface area contributed by atoms with Crippen LogP contribution >= 0.6 is 7.82 Å². The van der Waals surface area contributed by atoms with E-state index in [9.17, 15) is 19.4 Å². The van der Waals surface area contributed by atoms with Crippen molar-refractivity contribution in [3.05, 3.63) is 97.2 Å². The number of likely N-dealkylation sites (N-methyl/N-ethyl adjacent to an activating group) is 1. The zero-order valence-corrected chi connectivity index (χ0v) is 47.6. The lowest BCUT2D eigenvalue weighted by Gasteiger charge is -2.25. The Kier molecular flexibility index (Phi) is 50.4. The van der Waals surface area contributed by atoms with E-state index < -0.39 is 20.0 Å². The molecule has 0 aliphatic rings. The monoisotopic (exact) mass is 1010 g/mol. The standard InChI is InChI=1S/C62H111N2O6P/c1-6-8-10-12-14-16-18-20-22-24-25-26-27-28-29-30-31-32-33-34-35-36-37-38-39-40-42-44-46-48-50-52-54-56-62(66)63-60(59-70-71(67,68)69-58-57-64(3,4)5)61(65)55-53-51-49-47-45-43-41-23-21-19-17-15-13-11-9-7-2/h8,10,14,16,20,22,25-26,28-29,31-32,34-35,53,55,60-61,65H,6-7,9,11-13,15,17-19,21,23-24,27,30,33,36-52,54,56-59H2,1-5H3,(H-,63,66,67,68)/p+1/b10-8-,16-14-,22-20-,26-25-,29-28-,32-31-,35-34-,55-53+. The first-order chi connectivity index (χ1) is 34.5. The molecule has 0 aliphatic heterocycles. The maximum absolute atomic E-state index is 13.0. The summed E-state index contributed by atoms with van der Waals surface area (Å²) in [6.07, 6.45) is 75.0. The number of aliphatic hydroxyl groups is 1. The molecule has 0 heterocycles. The summed E-state index contributed by atoms with van der Waals surface area (Å²) in [7, 11) is 1.56. The fourth-order valence-corrected chi connectivity index (χ4v) is 8.76. The van der Waals surface area contributed by atoms with Crippen LogP contribution in [-0.4, -0.2) is 73.4 Å². The minimum absolute atomic E-state index is 0.0572.